The van der Waals surface area contributed by atoms with Gasteiger partial charge in [-0.2, -0.15) is 0 Å². The summed E-state index contributed by atoms with van der Waals surface area (Å²) in [6, 6.07) is 12.0. The van der Waals surface area contributed by atoms with Crippen LogP contribution in [0, 0.1) is 0 Å². The van der Waals surface area contributed by atoms with E-state index in [4.69, 9.17) is 5.10 Å². The Labute approximate surface area is 146 Å². The minimum absolute atomic E-state index is 0.0122. The number of nitrogens with zero attached hydrogens (tertiary/aromatic N) is 3. The number of anilines is 1. The maximum atomic E-state index is 9.64. The largest absolute Gasteiger partial charge is 0.393 e. The second kappa shape index (κ2) is 6.82. The molecule has 1 fully saturated rings. The van der Waals surface area contributed by atoms with Crippen molar-refractivity contribution in [2.75, 3.05) is 5.32 Å². The second-order valence-corrected chi connectivity index (χ2v) is 6.64. The van der Waals surface area contributed by atoms with Gasteiger partial charge in [0.1, 0.15) is 5.82 Å². The van der Waals surface area contributed by atoms with E-state index in [1.807, 2.05) is 40.9 Å². The van der Waals surface area contributed by atoms with Crippen LogP contribution < -0.4 is 5.32 Å². The number of fused-ring (bicyclic) bond motifs is 1. The molecule has 1 aliphatic carbocycles. The maximum Gasteiger partial charge on any atom is 0.154 e. The van der Waals surface area contributed by atoms with Gasteiger partial charge in [-0.3, -0.25) is 0 Å². The lowest BCUT2D eigenvalue weighted by Gasteiger charge is -2.26. The fourth-order valence-electron chi connectivity index (χ4n) is 3.41. The van der Waals surface area contributed by atoms with Crippen LogP contribution in [0.15, 0.2) is 42.6 Å². The van der Waals surface area contributed by atoms with Crippen LogP contribution in [-0.2, 0) is 6.61 Å². The lowest BCUT2D eigenvalue weighted by molar-refractivity contribution is 0.126. The first kappa shape index (κ1) is 16.1. The molecule has 130 valence electrons. The van der Waals surface area contributed by atoms with Crippen LogP contribution in [0.25, 0.3) is 16.9 Å². The predicted molar refractivity (Wildman–Crippen MR) is 96.2 cm³/mol. The van der Waals surface area contributed by atoms with Gasteiger partial charge in [-0.05, 0) is 49.4 Å². The lowest BCUT2D eigenvalue weighted by atomic mass is 9.93. The average molecular weight is 338 g/mol. The van der Waals surface area contributed by atoms with E-state index >= 15 is 0 Å². The number of nitrogens with one attached hydrogen (secondary N) is 1. The zero-order valence-electron chi connectivity index (χ0n) is 14.0. The Hall–Kier alpha value is -2.44. The van der Waals surface area contributed by atoms with Gasteiger partial charge in [-0.25, -0.2) is 9.50 Å². The number of rotatable bonds is 4. The van der Waals surface area contributed by atoms with Crippen LogP contribution in [0.5, 0.6) is 0 Å². The molecule has 2 heterocycles. The van der Waals surface area contributed by atoms with Gasteiger partial charge in [0.15, 0.2) is 5.65 Å². The molecule has 0 unspecified atom stereocenters. The van der Waals surface area contributed by atoms with Gasteiger partial charge < -0.3 is 15.5 Å². The first-order valence-electron chi connectivity index (χ1n) is 8.72. The quantitative estimate of drug-likeness (QED) is 0.681. The molecule has 3 aromatic rings. The fraction of sp³-hybridized carbons (Fsp3) is 0.368. The molecule has 6 heteroatoms. The molecule has 3 N–H and O–H groups in total. The molecule has 0 radical (unpaired) electrons. The molecule has 0 bridgehead atoms. The number of aliphatic hydroxyl groups is 2. The average Bonchev–Trinajstić information content (AvgIpc) is 3.07. The summed E-state index contributed by atoms with van der Waals surface area (Å²) in [6.45, 7) is 0.0122. The van der Waals surface area contributed by atoms with E-state index in [0.717, 1.165) is 54.0 Å². The standard InChI is InChI=1S/C19H22N4O2/c24-12-13-2-1-3-14(10-13)17-11-20-19-9-8-18(22-23(17)19)21-15-4-6-16(25)7-5-15/h1-3,8-11,15-16,24-25H,4-7,12H2,(H,21,22). The topological polar surface area (TPSA) is 82.7 Å². The molecule has 0 spiro atoms. The highest BCUT2D eigenvalue weighted by Crippen LogP contribution is 2.24. The summed E-state index contributed by atoms with van der Waals surface area (Å²) in [5.74, 6) is 0.812. The van der Waals surface area contributed by atoms with E-state index in [1.165, 1.54) is 0 Å². The Bertz CT molecular complexity index is 869. The zero-order chi connectivity index (χ0) is 17.2. The van der Waals surface area contributed by atoms with Gasteiger partial charge in [-0.15, -0.1) is 5.10 Å². The molecular weight excluding hydrogens is 316 g/mol. The molecule has 1 saturated carbocycles. The SMILES string of the molecule is OCc1cccc(-c2cnc3ccc(NC4CCC(O)CC4)nn23)c1. The van der Waals surface area contributed by atoms with Crippen LogP contribution in [0.4, 0.5) is 5.82 Å². The molecule has 0 atom stereocenters. The van der Waals surface area contributed by atoms with Crippen molar-refractivity contribution in [1.29, 1.82) is 0 Å². The third-order valence-corrected chi connectivity index (χ3v) is 4.82. The lowest BCUT2D eigenvalue weighted by Crippen LogP contribution is -2.28. The van der Waals surface area contributed by atoms with E-state index in [0.29, 0.717) is 6.04 Å². The van der Waals surface area contributed by atoms with Crippen LogP contribution in [0.1, 0.15) is 31.2 Å². The third-order valence-electron chi connectivity index (χ3n) is 4.82. The van der Waals surface area contributed by atoms with Gasteiger partial charge in [0, 0.05) is 11.6 Å². The summed E-state index contributed by atoms with van der Waals surface area (Å²) < 4.78 is 1.83. The summed E-state index contributed by atoms with van der Waals surface area (Å²) in [5.41, 5.74) is 3.52. The normalized spacial score (nSPS) is 20.7. The van der Waals surface area contributed by atoms with Crippen molar-refractivity contribution < 1.29 is 10.2 Å². The summed E-state index contributed by atoms with van der Waals surface area (Å²) in [5, 5.41) is 27.2. The van der Waals surface area contributed by atoms with Gasteiger partial charge in [0.2, 0.25) is 0 Å². The molecule has 0 aliphatic heterocycles. The van der Waals surface area contributed by atoms with E-state index in [-0.39, 0.29) is 12.7 Å². The maximum absolute atomic E-state index is 9.64. The molecule has 6 nitrogen and oxygen atoms in total. The highest BCUT2D eigenvalue weighted by atomic mass is 16.3. The smallest absolute Gasteiger partial charge is 0.154 e. The molecular formula is C19H22N4O2. The van der Waals surface area contributed by atoms with Crippen LogP contribution in [-0.4, -0.2) is 37.0 Å². The monoisotopic (exact) mass is 338 g/mol. The Morgan fingerprint density at radius 3 is 2.76 bits per heavy atom. The Balaban J connectivity index is 1.63. The molecule has 4 rings (SSSR count). The fourth-order valence-corrected chi connectivity index (χ4v) is 3.41. The number of benzene rings is 1. The van der Waals surface area contributed by atoms with Crippen LogP contribution in [0.3, 0.4) is 0 Å². The minimum atomic E-state index is -0.160. The number of imidazole rings is 1. The van der Waals surface area contributed by atoms with Crippen molar-refractivity contribution in [2.45, 2.75) is 44.4 Å². The Morgan fingerprint density at radius 2 is 1.96 bits per heavy atom. The molecule has 0 amide bonds. The van der Waals surface area contributed by atoms with Crippen molar-refractivity contribution in [3.05, 3.63) is 48.2 Å². The van der Waals surface area contributed by atoms with Crippen molar-refractivity contribution >= 4 is 11.5 Å². The van der Waals surface area contributed by atoms with Crippen molar-refractivity contribution in [3.8, 4) is 11.3 Å². The van der Waals surface area contributed by atoms with Gasteiger partial charge >= 0.3 is 0 Å². The van der Waals surface area contributed by atoms with Crippen LogP contribution in [0.2, 0.25) is 0 Å². The van der Waals surface area contributed by atoms with Crippen molar-refractivity contribution in [1.82, 2.24) is 14.6 Å². The van der Waals surface area contributed by atoms with E-state index < -0.39 is 0 Å². The number of aliphatic hydroxyl groups excluding tert-OH is 2. The van der Waals surface area contributed by atoms with E-state index in [9.17, 15) is 10.2 Å². The number of aromatic nitrogens is 3. The molecule has 25 heavy (non-hydrogen) atoms. The summed E-state index contributed by atoms with van der Waals surface area (Å²) in [7, 11) is 0. The van der Waals surface area contributed by atoms with Gasteiger partial charge in [0.05, 0.1) is 24.6 Å². The second-order valence-electron chi connectivity index (χ2n) is 6.64. The highest BCUT2D eigenvalue weighted by Gasteiger charge is 2.19. The zero-order valence-corrected chi connectivity index (χ0v) is 14.0. The first-order chi connectivity index (χ1) is 12.2. The molecule has 1 aromatic carbocycles. The van der Waals surface area contributed by atoms with E-state index in [1.54, 1.807) is 6.20 Å². The van der Waals surface area contributed by atoms with Crippen LogP contribution >= 0.6 is 0 Å². The summed E-state index contributed by atoms with van der Waals surface area (Å²) in [6.07, 6.45) is 5.23. The van der Waals surface area contributed by atoms with Crippen molar-refractivity contribution in [3.63, 3.8) is 0 Å². The van der Waals surface area contributed by atoms with E-state index in [2.05, 4.69) is 10.3 Å². The van der Waals surface area contributed by atoms with Crippen molar-refractivity contribution in [2.24, 2.45) is 0 Å². The predicted octanol–water partition coefficient (Wildman–Crippen LogP) is 2.60. The molecule has 1 aliphatic rings. The Kier molecular flexibility index (Phi) is 4.38. The summed E-state index contributed by atoms with van der Waals surface area (Å²) >= 11 is 0. The molecule has 2 aromatic heterocycles. The highest BCUT2D eigenvalue weighted by molar-refractivity contribution is 5.64. The Morgan fingerprint density at radius 1 is 1.12 bits per heavy atom. The number of hydrogen-bond donors (Lipinski definition) is 3. The van der Waals surface area contributed by atoms with Gasteiger partial charge in [0.25, 0.3) is 0 Å². The third kappa shape index (κ3) is 3.36. The summed E-state index contributed by atoms with van der Waals surface area (Å²) in [4.78, 5) is 4.43. The van der Waals surface area contributed by atoms with Gasteiger partial charge in [-0.1, -0.05) is 18.2 Å². The molecule has 0 saturated heterocycles. The first-order valence-corrected chi connectivity index (χ1v) is 8.72. The number of hydrogen-bond acceptors (Lipinski definition) is 5. The minimum Gasteiger partial charge on any atom is -0.393 e.